The Hall–Kier alpha value is -1.80. The second kappa shape index (κ2) is 8.26. The maximum absolute atomic E-state index is 13.3. The highest BCUT2D eigenvalue weighted by atomic mass is 127. The van der Waals surface area contributed by atoms with Crippen molar-refractivity contribution in [3.05, 3.63) is 33.4 Å². The van der Waals surface area contributed by atoms with Gasteiger partial charge in [-0.1, -0.05) is 6.58 Å². The van der Waals surface area contributed by atoms with Gasteiger partial charge in [0.2, 0.25) is 0 Å². The summed E-state index contributed by atoms with van der Waals surface area (Å²) in [5, 5.41) is -5.27. The summed E-state index contributed by atoms with van der Waals surface area (Å²) in [4.78, 5) is 22.8. The van der Waals surface area contributed by atoms with Crippen LogP contribution in [0, 0.1) is 3.57 Å². The average molecular weight is 505 g/mol. The molecule has 0 fully saturated rings. The number of hydrogen-bond donors (Lipinski definition) is 0. The zero-order valence-corrected chi connectivity index (χ0v) is 16.4. The maximum Gasteiger partial charge on any atom is 0.429 e. The smallest absolute Gasteiger partial charge is 0.429 e. The van der Waals surface area contributed by atoms with Crippen molar-refractivity contribution in [1.82, 2.24) is 0 Å². The van der Waals surface area contributed by atoms with E-state index in [2.05, 4.69) is 11.3 Å². The van der Waals surface area contributed by atoms with Crippen LogP contribution in [0.2, 0.25) is 0 Å². The van der Waals surface area contributed by atoms with Crippen LogP contribution in [0.1, 0.15) is 12.5 Å². The largest absolute Gasteiger partial charge is 0.743 e. The first-order valence-electron chi connectivity index (χ1n) is 6.55. The van der Waals surface area contributed by atoms with Crippen LogP contribution in [-0.2, 0) is 31.1 Å². The SMILES string of the molecule is C=C(C)C(=O)OCc1cc(I)c(OC(=O)C(F)(F)S(=O)(=O)[O-])c(OC)c1. The highest BCUT2D eigenvalue weighted by Gasteiger charge is 2.49. The van der Waals surface area contributed by atoms with E-state index < -0.39 is 33.1 Å². The summed E-state index contributed by atoms with van der Waals surface area (Å²) < 4.78 is 72.2. The molecule has 0 aliphatic rings. The first-order valence-corrected chi connectivity index (χ1v) is 9.04. The molecule has 0 radical (unpaired) electrons. The third kappa shape index (κ3) is 5.11. The lowest BCUT2D eigenvalue weighted by Gasteiger charge is -2.19. The van der Waals surface area contributed by atoms with E-state index in [0.717, 1.165) is 7.11 Å². The molecule has 0 saturated heterocycles. The molecule has 0 saturated carbocycles. The van der Waals surface area contributed by atoms with Gasteiger partial charge in [0.1, 0.15) is 6.61 Å². The molecule has 144 valence electrons. The Balaban J connectivity index is 3.13. The Bertz CT molecular complexity index is 851. The molecule has 0 aliphatic carbocycles. The lowest BCUT2D eigenvalue weighted by Crippen LogP contribution is -2.40. The fourth-order valence-corrected chi connectivity index (χ4v) is 2.50. The Kier molecular flexibility index (Phi) is 7.07. The molecule has 0 unspecified atom stereocenters. The van der Waals surface area contributed by atoms with Crippen LogP contribution in [-0.4, -0.2) is 37.3 Å². The Morgan fingerprint density at radius 3 is 2.38 bits per heavy atom. The monoisotopic (exact) mass is 505 g/mol. The number of alkyl halides is 2. The number of rotatable bonds is 7. The second-order valence-electron chi connectivity index (χ2n) is 4.83. The summed E-state index contributed by atoms with van der Waals surface area (Å²) in [5.74, 6) is -3.96. The predicted molar refractivity (Wildman–Crippen MR) is 90.6 cm³/mol. The van der Waals surface area contributed by atoms with E-state index in [9.17, 15) is 31.3 Å². The molecule has 8 nitrogen and oxygen atoms in total. The average Bonchev–Trinajstić information content (AvgIpc) is 2.52. The highest BCUT2D eigenvalue weighted by molar-refractivity contribution is 14.1. The van der Waals surface area contributed by atoms with E-state index >= 15 is 0 Å². The van der Waals surface area contributed by atoms with Crippen molar-refractivity contribution in [3.63, 3.8) is 0 Å². The van der Waals surface area contributed by atoms with Gasteiger partial charge in [0.25, 0.3) is 0 Å². The molecule has 26 heavy (non-hydrogen) atoms. The normalized spacial score (nSPS) is 11.6. The molecule has 0 aliphatic heterocycles. The van der Waals surface area contributed by atoms with Gasteiger partial charge in [-0.3, -0.25) is 0 Å². The molecular formula is C14H12F2IO8S-. The van der Waals surface area contributed by atoms with E-state index in [1.54, 1.807) is 22.6 Å². The number of halogens is 3. The molecule has 1 aromatic carbocycles. The van der Waals surface area contributed by atoms with Crippen LogP contribution in [0.3, 0.4) is 0 Å². The number of hydrogen-bond acceptors (Lipinski definition) is 8. The highest BCUT2D eigenvalue weighted by Crippen LogP contribution is 2.36. The summed E-state index contributed by atoms with van der Waals surface area (Å²) >= 11 is 1.60. The maximum atomic E-state index is 13.3. The van der Waals surface area contributed by atoms with Crippen molar-refractivity contribution in [2.45, 2.75) is 18.8 Å². The number of carbonyl (C=O) groups is 2. The predicted octanol–water partition coefficient (Wildman–Crippen LogP) is 1.96. The number of ether oxygens (including phenoxy) is 3. The lowest BCUT2D eigenvalue weighted by atomic mass is 10.2. The van der Waals surface area contributed by atoms with Crippen LogP contribution in [0.15, 0.2) is 24.3 Å². The zero-order valence-electron chi connectivity index (χ0n) is 13.4. The number of methoxy groups -OCH3 is 1. The van der Waals surface area contributed by atoms with E-state index in [0.29, 0.717) is 5.56 Å². The molecule has 0 aromatic heterocycles. The minimum atomic E-state index is -6.26. The van der Waals surface area contributed by atoms with Crippen molar-refractivity contribution in [2.75, 3.05) is 7.11 Å². The van der Waals surface area contributed by atoms with Crippen molar-refractivity contribution in [1.29, 1.82) is 0 Å². The first kappa shape index (κ1) is 22.2. The standard InChI is InChI=1S/C14H13F2IO8S/c1-7(2)12(18)24-6-8-4-9(17)11(10(5-8)23-3)25-13(19)14(15,16)26(20,21)22/h4-5H,1,6H2,2-3H3,(H,20,21,22)/p-1. The van der Waals surface area contributed by atoms with Gasteiger partial charge in [-0.2, -0.15) is 8.78 Å². The molecule has 0 spiro atoms. The molecule has 0 atom stereocenters. The van der Waals surface area contributed by atoms with Crippen LogP contribution >= 0.6 is 22.6 Å². The van der Waals surface area contributed by atoms with Gasteiger partial charge in [-0.15, -0.1) is 0 Å². The van der Waals surface area contributed by atoms with Gasteiger partial charge in [-0.05, 0) is 47.2 Å². The van der Waals surface area contributed by atoms with Gasteiger partial charge >= 0.3 is 17.2 Å². The molecular weight excluding hydrogens is 493 g/mol. The van der Waals surface area contributed by atoms with Crippen molar-refractivity contribution < 1.29 is 45.6 Å². The molecule has 0 bridgehead atoms. The minimum absolute atomic E-state index is 0.0655. The van der Waals surface area contributed by atoms with Gasteiger partial charge < -0.3 is 18.8 Å². The third-order valence-electron chi connectivity index (χ3n) is 2.75. The van der Waals surface area contributed by atoms with Crippen LogP contribution in [0.4, 0.5) is 8.78 Å². The van der Waals surface area contributed by atoms with E-state index in [4.69, 9.17) is 9.47 Å². The minimum Gasteiger partial charge on any atom is -0.743 e. The van der Waals surface area contributed by atoms with E-state index in [1.165, 1.54) is 19.1 Å². The molecule has 0 heterocycles. The van der Waals surface area contributed by atoms with Gasteiger partial charge in [0.15, 0.2) is 21.6 Å². The summed E-state index contributed by atoms with van der Waals surface area (Å²) in [6.45, 7) is 4.64. The van der Waals surface area contributed by atoms with Crippen LogP contribution in [0.25, 0.3) is 0 Å². The lowest BCUT2D eigenvalue weighted by molar-refractivity contribution is -0.151. The molecule has 0 amide bonds. The fraction of sp³-hybridized carbons (Fsp3) is 0.286. The second-order valence-corrected chi connectivity index (χ2v) is 7.41. The molecule has 12 heteroatoms. The van der Waals surface area contributed by atoms with Crippen LogP contribution < -0.4 is 9.47 Å². The summed E-state index contributed by atoms with van der Waals surface area (Å²) in [6.07, 6.45) is 0. The number of carbonyl (C=O) groups excluding carboxylic acids is 2. The van der Waals surface area contributed by atoms with Crippen LogP contribution in [0.5, 0.6) is 11.5 Å². The van der Waals surface area contributed by atoms with Gasteiger partial charge in [0.05, 0.1) is 10.7 Å². The van der Waals surface area contributed by atoms with Crippen molar-refractivity contribution in [2.24, 2.45) is 0 Å². The molecule has 1 aromatic rings. The Morgan fingerprint density at radius 2 is 1.92 bits per heavy atom. The molecule has 0 N–H and O–H groups in total. The number of esters is 2. The Morgan fingerprint density at radius 1 is 1.35 bits per heavy atom. The van der Waals surface area contributed by atoms with Gasteiger partial charge in [-0.25, -0.2) is 18.0 Å². The summed E-state index contributed by atoms with van der Waals surface area (Å²) in [5.41, 5.74) is 0.530. The number of benzene rings is 1. The topological polar surface area (TPSA) is 119 Å². The quantitative estimate of drug-likeness (QED) is 0.182. The van der Waals surface area contributed by atoms with Crippen molar-refractivity contribution in [3.8, 4) is 11.5 Å². The summed E-state index contributed by atoms with van der Waals surface area (Å²) in [7, 11) is -5.12. The third-order valence-corrected chi connectivity index (χ3v) is 4.35. The van der Waals surface area contributed by atoms with Crippen molar-refractivity contribution >= 4 is 44.6 Å². The fourth-order valence-electron chi connectivity index (χ4n) is 1.48. The Labute approximate surface area is 161 Å². The van der Waals surface area contributed by atoms with E-state index in [1.807, 2.05) is 0 Å². The summed E-state index contributed by atoms with van der Waals surface area (Å²) in [6, 6.07) is 2.54. The zero-order chi connectivity index (χ0) is 20.3. The van der Waals surface area contributed by atoms with E-state index in [-0.39, 0.29) is 21.5 Å². The van der Waals surface area contributed by atoms with Gasteiger partial charge in [0, 0.05) is 5.57 Å². The first-order chi connectivity index (χ1) is 11.8. The molecule has 1 rings (SSSR count).